The van der Waals surface area contributed by atoms with Crippen LogP contribution in [0.4, 0.5) is 0 Å². The van der Waals surface area contributed by atoms with Gasteiger partial charge in [-0.3, -0.25) is 0 Å². The molecule has 1 aliphatic heterocycles. The molecule has 4 nitrogen and oxygen atoms in total. The first-order valence-corrected chi connectivity index (χ1v) is 6.40. The largest absolute Gasteiger partial charge is 0.317 e. The average Bonchev–Trinajstić information content (AvgIpc) is 2.35. The lowest BCUT2D eigenvalue weighted by Crippen LogP contribution is -2.37. The van der Waals surface area contributed by atoms with Gasteiger partial charge in [0.05, 0.1) is 4.47 Å². The Kier molecular flexibility index (Phi) is 6.87. The van der Waals surface area contributed by atoms with Gasteiger partial charge >= 0.3 is 0 Å². The lowest BCUT2D eigenvalue weighted by molar-refractivity contribution is 0.409. The van der Waals surface area contributed by atoms with Crippen molar-refractivity contribution in [3.8, 4) is 0 Å². The highest BCUT2D eigenvalue weighted by atomic mass is 79.9. The molecule has 1 saturated heterocycles. The molecule has 6 heteroatoms. The Morgan fingerprint density at radius 2 is 1.94 bits per heavy atom. The first kappa shape index (κ1) is 13.8. The molecule has 0 bridgehead atoms. The summed E-state index contributed by atoms with van der Waals surface area (Å²) in [6.45, 7) is 2.37. The van der Waals surface area contributed by atoms with E-state index in [-0.39, 0.29) is 5.28 Å². The van der Waals surface area contributed by atoms with Crippen molar-refractivity contribution in [1.29, 1.82) is 0 Å². The van der Waals surface area contributed by atoms with Gasteiger partial charge < -0.3 is 10.6 Å². The fraction of sp³-hybridized carbons (Fsp3) is 0.600. The van der Waals surface area contributed by atoms with E-state index in [9.17, 15) is 0 Å². The second kappa shape index (κ2) is 7.95. The summed E-state index contributed by atoms with van der Waals surface area (Å²) in [6.07, 6.45) is 5.76. The van der Waals surface area contributed by atoms with Crippen molar-refractivity contribution in [3.63, 3.8) is 0 Å². The highest BCUT2D eigenvalue weighted by molar-refractivity contribution is 9.10. The van der Waals surface area contributed by atoms with E-state index in [0.29, 0.717) is 0 Å². The van der Waals surface area contributed by atoms with Crippen LogP contribution in [0.3, 0.4) is 0 Å². The van der Waals surface area contributed by atoms with Gasteiger partial charge in [0.1, 0.15) is 0 Å². The normalized spacial score (nSPS) is 16.4. The van der Waals surface area contributed by atoms with E-state index >= 15 is 0 Å². The number of nitrogens with zero attached hydrogens (tertiary/aromatic N) is 2. The number of halogens is 2. The van der Waals surface area contributed by atoms with Gasteiger partial charge in [-0.05, 0) is 60.5 Å². The zero-order valence-electron chi connectivity index (χ0n) is 9.21. The van der Waals surface area contributed by atoms with Gasteiger partial charge in [0, 0.05) is 18.4 Å². The number of nitrogens with one attached hydrogen (secondary N) is 2. The first-order chi connectivity index (χ1) is 7.72. The third-order valence-corrected chi connectivity index (χ3v) is 2.94. The molecule has 16 heavy (non-hydrogen) atoms. The summed E-state index contributed by atoms with van der Waals surface area (Å²) in [5, 5.41) is 6.84. The summed E-state index contributed by atoms with van der Waals surface area (Å²) in [4.78, 5) is 7.37. The maximum Gasteiger partial charge on any atom is 0.222 e. The molecule has 0 spiro atoms. The van der Waals surface area contributed by atoms with Crippen LogP contribution in [0, 0.1) is 0 Å². The average molecular weight is 308 g/mol. The van der Waals surface area contributed by atoms with Crippen LogP contribution in [0.2, 0.25) is 5.28 Å². The number of aromatic nitrogens is 2. The number of rotatable bonds is 1. The summed E-state index contributed by atoms with van der Waals surface area (Å²) < 4.78 is 0.835. The lowest BCUT2D eigenvalue weighted by Gasteiger charge is -2.21. The van der Waals surface area contributed by atoms with Gasteiger partial charge in [0.15, 0.2) is 0 Å². The quantitative estimate of drug-likeness (QED) is 0.778. The van der Waals surface area contributed by atoms with Crippen molar-refractivity contribution in [2.45, 2.75) is 18.9 Å². The maximum absolute atomic E-state index is 5.37. The molecule has 0 aliphatic carbocycles. The summed E-state index contributed by atoms with van der Waals surface area (Å²) in [5.74, 6) is 0. The molecule has 0 atom stereocenters. The molecule has 0 unspecified atom stereocenters. The Morgan fingerprint density at radius 1 is 1.38 bits per heavy atom. The second-order valence-electron chi connectivity index (χ2n) is 3.48. The van der Waals surface area contributed by atoms with Crippen molar-refractivity contribution in [2.24, 2.45) is 0 Å². The molecule has 2 heterocycles. The maximum atomic E-state index is 5.37. The summed E-state index contributed by atoms with van der Waals surface area (Å²) >= 11 is 8.53. The van der Waals surface area contributed by atoms with E-state index in [1.807, 2.05) is 7.05 Å². The van der Waals surface area contributed by atoms with Gasteiger partial charge in [-0.15, -0.1) is 0 Å². The Hall–Kier alpha value is -0.230. The van der Waals surface area contributed by atoms with E-state index in [1.165, 1.54) is 25.9 Å². The standard InChI is InChI=1S/C6H14N2.C4H2BrClN2/c1-7-6-2-4-8-5-3-6;5-3-1-7-4(6)8-2-3/h6-8H,2-5H2,1H3;1-2H. The second-order valence-corrected chi connectivity index (χ2v) is 4.74. The van der Waals surface area contributed by atoms with Crippen molar-refractivity contribution in [1.82, 2.24) is 20.6 Å². The van der Waals surface area contributed by atoms with E-state index in [4.69, 9.17) is 11.6 Å². The molecule has 1 fully saturated rings. The molecule has 90 valence electrons. The fourth-order valence-electron chi connectivity index (χ4n) is 1.41. The minimum absolute atomic E-state index is 0.271. The molecule has 0 amide bonds. The minimum atomic E-state index is 0.271. The molecular weight excluding hydrogens is 291 g/mol. The summed E-state index contributed by atoms with van der Waals surface area (Å²) in [7, 11) is 2.04. The smallest absolute Gasteiger partial charge is 0.222 e. The van der Waals surface area contributed by atoms with Crippen LogP contribution in [-0.2, 0) is 0 Å². The fourth-order valence-corrected chi connectivity index (χ4v) is 1.71. The van der Waals surface area contributed by atoms with Gasteiger partial charge in [-0.2, -0.15) is 0 Å². The van der Waals surface area contributed by atoms with E-state index < -0.39 is 0 Å². The Balaban J connectivity index is 0.000000160. The van der Waals surface area contributed by atoms with Crippen LogP contribution in [0.5, 0.6) is 0 Å². The molecule has 2 N–H and O–H groups in total. The molecular formula is C10H16BrClN4. The van der Waals surface area contributed by atoms with Crippen molar-refractivity contribution < 1.29 is 0 Å². The third kappa shape index (κ3) is 5.75. The predicted molar refractivity (Wildman–Crippen MR) is 69.7 cm³/mol. The number of hydrogen-bond donors (Lipinski definition) is 2. The van der Waals surface area contributed by atoms with Crippen LogP contribution in [0.25, 0.3) is 0 Å². The van der Waals surface area contributed by atoms with Crippen LogP contribution < -0.4 is 10.6 Å². The van der Waals surface area contributed by atoms with Crippen molar-refractivity contribution >= 4 is 27.5 Å². The highest BCUT2D eigenvalue weighted by Crippen LogP contribution is 2.06. The van der Waals surface area contributed by atoms with Gasteiger partial charge in [-0.1, -0.05) is 0 Å². The first-order valence-electron chi connectivity index (χ1n) is 5.23. The van der Waals surface area contributed by atoms with Crippen LogP contribution in [0.1, 0.15) is 12.8 Å². The molecule has 2 rings (SSSR count). The van der Waals surface area contributed by atoms with E-state index in [2.05, 4.69) is 36.5 Å². The van der Waals surface area contributed by atoms with E-state index in [0.717, 1.165) is 10.5 Å². The molecule has 0 aromatic carbocycles. The Labute approximate surface area is 109 Å². The van der Waals surface area contributed by atoms with Crippen molar-refractivity contribution in [2.75, 3.05) is 20.1 Å². The SMILES string of the molecule is CNC1CCNCC1.Clc1ncc(Br)cn1. The highest BCUT2D eigenvalue weighted by Gasteiger charge is 2.08. The van der Waals surface area contributed by atoms with Gasteiger partial charge in [0.25, 0.3) is 0 Å². The Morgan fingerprint density at radius 3 is 2.31 bits per heavy atom. The monoisotopic (exact) mass is 306 g/mol. The summed E-state index contributed by atoms with van der Waals surface area (Å²) in [5.41, 5.74) is 0. The molecule has 1 aliphatic rings. The van der Waals surface area contributed by atoms with Gasteiger partial charge in [-0.25, -0.2) is 9.97 Å². The summed E-state index contributed by atoms with van der Waals surface area (Å²) in [6, 6.07) is 0.774. The molecule has 1 aromatic heterocycles. The number of piperidine rings is 1. The minimum Gasteiger partial charge on any atom is -0.317 e. The molecule has 1 aromatic rings. The Bertz CT molecular complexity index is 266. The van der Waals surface area contributed by atoms with Crippen molar-refractivity contribution in [3.05, 3.63) is 22.1 Å². The zero-order valence-corrected chi connectivity index (χ0v) is 11.6. The van der Waals surface area contributed by atoms with Gasteiger partial charge in [0.2, 0.25) is 5.28 Å². The van der Waals surface area contributed by atoms with Crippen LogP contribution in [-0.4, -0.2) is 36.1 Å². The zero-order chi connectivity index (χ0) is 11.8. The predicted octanol–water partition coefficient (Wildman–Crippen LogP) is 1.85. The van der Waals surface area contributed by atoms with Crippen LogP contribution >= 0.6 is 27.5 Å². The third-order valence-electron chi connectivity index (χ3n) is 2.34. The number of hydrogen-bond acceptors (Lipinski definition) is 4. The van der Waals surface area contributed by atoms with Crippen LogP contribution in [0.15, 0.2) is 16.9 Å². The molecule has 0 saturated carbocycles. The topological polar surface area (TPSA) is 49.8 Å². The van der Waals surface area contributed by atoms with E-state index in [1.54, 1.807) is 12.4 Å². The molecule has 0 radical (unpaired) electrons. The lowest BCUT2D eigenvalue weighted by atomic mass is 10.1.